The highest BCUT2D eigenvalue weighted by Crippen LogP contribution is 2.27. The minimum atomic E-state index is -4.03. The van der Waals surface area contributed by atoms with Gasteiger partial charge in [-0.1, -0.05) is 23.7 Å². The molecule has 0 bridgehead atoms. The van der Waals surface area contributed by atoms with E-state index in [4.69, 9.17) is 16.0 Å². The first-order valence-electron chi connectivity index (χ1n) is 9.91. The third-order valence-electron chi connectivity index (χ3n) is 5.36. The monoisotopic (exact) mass is 511 g/mol. The van der Waals surface area contributed by atoms with Crippen LogP contribution < -0.4 is 0 Å². The van der Waals surface area contributed by atoms with Crippen molar-refractivity contribution in [1.29, 1.82) is 0 Å². The molecule has 1 aromatic heterocycles. The molecule has 0 N–H and O–H groups in total. The van der Waals surface area contributed by atoms with Gasteiger partial charge >= 0.3 is 0 Å². The van der Waals surface area contributed by atoms with E-state index < -0.39 is 42.5 Å². The molecule has 0 saturated carbocycles. The topological polar surface area (TPSA) is 102 Å². The number of nitrogens with zero attached hydrogens (tertiary/aromatic N) is 1. The van der Waals surface area contributed by atoms with Gasteiger partial charge in [-0.15, -0.1) is 0 Å². The summed E-state index contributed by atoms with van der Waals surface area (Å²) in [5.74, 6) is -1.61. The van der Waals surface area contributed by atoms with Crippen LogP contribution in [0, 0.1) is 5.82 Å². The molecular weight excluding hydrogens is 493 g/mol. The Balaban J connectivity index is 1.64. The van der Waals surface area contributed by atoms with Crippen molar-refractivity contribution in [1.82, 2.24) is 4.90 Å². The first-order chi connectivity index (χ1) is 15.5. The normalized spacial score (nSPS) is 17.7. The SMILES string of the molecule is O=C(c1ccc(S(=O)(=O)c2ccc(Cl)cc2)o1)N(Cc1ccc(F)cc1)[C@H]1CCS(=O)(=O)C1. The number of carbonyl (C=O) groups is 1. The average molecular weight is 512 g/mol. The molecule has 11 heteroatoms. The highest BCUT2D eigenvalue weighted by molar-refractivity contribution is 7.91. The Bertz CT molecular complexity index is 1380. The summed E-state index contributed by atoms with van der Waals surface area (Å²) in [5.41, 5.74) is 0.592. The number of rotatable bonds is 6. The van der Waals surface area contributed by atoms with Crippen LogP contribution in [-0.2, 0) is 26.2 Å². The van der Waals surface area contributed by atoms with E-state index in [1.807, 2.05) is 0 Å². The lowest BCUT2D eigenvalue weighted by Crippen LogP contribution is -2.40. The van der Waals surface area contributed by atoms with Gasteiger partial charge in [0, 0.05) is 17.6 Å². The van der Waals surface area contributed by atoms with Crippen molar-refractivity contribution < 1.29 is 30.4 Å². The standard InChI is InChI=1S/C22H19ClFNO6S2/c23-16-3-7-19(8-4-16)33(29,30)21-10-9-20(31-21)22(26)25(18-11-12-32(27,28)14-18)13-15-1-5-17(24)6-2-15/h1-10,18H,11-14H2/t18-/m0/s1. The van der Waals surface area contributed by atoms with E-state index in [-0.39, 0.29) is 35.1 Å². The van der Waals surface area contributed by atoms with Crippen molar-refractivity contribution in [2.75, 3.05) is 11.5 Å². The van der Waals surface area contributed by atoms with Gasteiger partial charge in [-0.25, -0.2) is 21.2 Å². The molecule has 3 aromatic rings. The summed E-state index contributed by atoms with van der Waals surface area (Å²) >= 11 is 5.81. The van der Waals surface area contributed by atoms with Crippen LogP contribution in [0.4, 0.5) is 4.39 Å². The number of carbonyl (C=O) groups excluding carboxylic acids is 1. The van der Waals surface area contributed by atoms with Crippen LogP contribution in [0.2, 0.25) is 5.02 Å². The first kappa shape index (κ1) is 23.5. The fourth-order valence-electron chi connectivity index (χ4n) is 3.63. The summed E-state index contributed by atoms with van der Waals surface area (Å²) in [6.07, 6.45) is 0.242. The zero-order chi connectivity index (χ0) is 23.8. The second kappa shape index (κ2) is 8.92. The maximum atomic E-state index is 13.3. The zero-order valence-electron chi connectivity index (χ0n) is 17.1. The molecule has 33 heavy (non-hydrogen) atoms. The lowest BCUT2D eigenvalue weighted by molar-refractivity contribution is 0.0642. The quantitative estimate of drug-likeness (QED) is 0.499. The van der Waals surface area contributed by atoms with Crippen LogP contribution in [0.5, 0.6) is 0 Å². The molecule has 2 heterocycles. The van der Waals surface area contributed by atoms with Crippen LogP contribution in [0.3, 0.4) is 0 Å². The highest BCUT2D eigenvalue weighted by atomic mass is 35.5. The van der Waals surface area contributed by atoms with E-state index in [9.17, 15) is 26.0 Å². The molecule has 174 valence electrons. The number of benzene rings is 2. The summed E-state index contributed by atoms with van der Waals surface area (Å²) in [5, 5.41) is -0.0545. The van der Waals surface area contributed by atoms with Gasteiger partial charge in [0.25, 0.3) is 5.91 Å². The summed E-state index contributed by atoms with van der Waals surface area (Å²) in [4.78, 5) is 14.6. The summed E-state index contributed by atoms with van der Waals surface area (Å²) in [6, 6.07) is 12.8. The molecule has 0 spiro atoms. The molecule has 1 saturated heterocycles. The highest BCUT2D eigenvalue weighted by Gasteiger charge is 2.36. The van der Waals surface area contributed by atoms with E-state index in [0.717, 1.165) is 0 Å². The average Bonchev–Trinajstić information content (AvgIpc) is 3.40. The molecule has 0 radical (unpaired) electrons. The minimum Gasteiger partial charge on any atom is -0.439 e. The Morgan fingerprint density at radius 3 is 2.33 bits per heavy atom. The zero-order valence-corrected chi connectivity index (χ0v) is 19.5. The summed E-state index contributed by atoms with van der Waals surface area (Å²) in [6.45, 7) is 0.0132. The predicted molar refractivity (Wildman–Crippen MR) is 119 cm³/mol. The number of amides is 1. The second-order valence-corrected chi connectivity index (χ2v) is 12.2. The molecule has 7 nitrogen and oxygen atoms in total. The first-order valence-corrected chi connectivity index (χ1v) is 13.6. The molecule has 1 aliphatic rings. The summed E-state index contributed by atoms with van der Waals surface area (Å²) < 4.78 is 68.4. The maximum absolute atomic E-state index is 13.3. The number of halogens is 2. The van der Waals surface area contributed by atoms with Crippen molar-refractivity contribution in [3.05, 3.63) is 82.8 Å². The number of hydrogen-bond donors (Lipinski definition) is 0. The van der Waals surface area contributed by atoms with Gasteiger partial charge in [0.15, 0.2) is 15.6 Å². The number of furan rings is 1. The fourth-order valence-corrected chi connectivity index (χ4v) is 6.66. The molecule has 1 aliphatic heterocycles. The third kappa shape index (κ3) is 5.13. The van der Waals surface area contributed by atoms with Gasteiger partial charge in [-0.3, -0.25) is 4.79 Å². The molecule has 4 rings (SSSR count). The van der Waals surface area contributed by atoms with Gasteiger partial charge in [0.05, 0.1) is 16.4 Å². The summed E-state index contributed by atoms with van der Waals surface area (Å²) in [7, 11) is -7.33. The van der Waals surface area contributed by atoms with Crippen molar-refractivity contribution in [2.45, 2.75) is 29.0 Å². The Morgan fingerprint density at radius 1 is 1.06 bits per heavy atom. The van der Waals surface area contributed by atoms with Crippen molar-refractivity contribution in [3.8, 4) is 0 Å². The van der Waals surface area contributed by atoms with Crippen molar-refractivity contribution in [2.24, 2.45) is 0 Å². The van der Waals surface area contributed by atoms with E-state index in [0.29, 0.717) is 10.6 Å². The van der Waals surface area contributed by atoms with Crippen molar-refractivity contribution in [3.63, 3.8) is 0 Å². The van der Waals surface area contributed by atoms with Crippen LogP contribution in [0.15, 0.2) is 75.1 Å². The third-order valence-corrected chi connectivity index (χ3v) is 9.00. The molecule has 0 unspecified atom stereocenters. The van der Waals surface area contributed by atoms with E-state index in [1.165, 1.54) is 65.6 Å². The van der Waals surface area contributed by atoms with Gasteiger partial charge in [0.2, 0.25) is 14.9 Å². The second-order valence-electron chi connectivity index (χ2n) is 7.69. The lowest BCUT2D eigenvalue weighted by Gasteiger charge is -2.27. The molecule has 1 atom stereocenters. The maximum Gasteiger partial charge on any atom is 0.290 e. The largest absolute Gasteiger partial charge is 0.439 e. The molecule has 1 fully saturated rings. The van der Waals surface area contributed by atoms with Gasteiger partial charge in [0.1, 0.15) is 5.82 Å². The fraction of sp³-hybridized carbons (Fsp3) is 0.227. The van der Waals surface area contributed by atoms with Gasteiger partial charge < -0.3 is 9.32 Å². The van der Waals surface area contributed by atoms with Crippen LogP contribution in [0.25, 0.3) is 0 Å². The Labute approximate surface area is 195 Å². The molecule has 0 aliphatic carbocycles. The lowest BCUT2D eigenvalue weighted by atomic mass is 10.1. The Kier molecular flexibility index (Phi) is 6.35. The van der Waals surface area contributed by atoms with Crippen molar-refractivity contribution >= 4 is 37.2 Å². The van der Waals surface area contributed by atoms with Crippen LogP contribution in [-0.4, -0.2) is 45.2 Å². The smallest absolute Gasteiger partial charge is 0.290 e. The molecular formula is C22H19ClFNO6S2. The number of hydrogen-bond acceptors (Lipinski definition) is 6. The minimum absolute atomic E-state index is 0.0132. The Morgan fingerprint density at radius 2 is 1.73 bits per heavy atom. The van der Waals surface area contributed by atoms with E-state index in [1.54, 1.807) is 0 Å². The molecule has 1 amide bonds. The predicted octanol–water partition coefficient (Wildman–Crippen LogP) is 3.73. The van der Waals surface area contributed by atoms with Gasteiger partial charge in [-0.2, -0.15) is 0 Å². The van der Waals surface area contributed by atoms with E-state index in [2.05, 4.69) is 0 Å². The van der Waals surface area contributed by atoms with E-state index >= 15 is 0 Å². The van der Waals surface area contributed by atoms with Crippen LogP contribution in [0.1, 0.15) is 22.5 Å². The molecule has 2 aromatic carbocycles. The van der Waals surface area contributed by atoms with Gasteiger partial charge in [-0.05, 0) is 60.5 Å². The van der Waals surface area contributed by atoms with Crippen LogP contribution >= 0.6 is 11.6 Å². The Hall–Kier alpha value is -2.69. The number of sulfone groups is 2.